The van der Waals surface area contributed by atoms with E-state index >= 15 is 0 Å². The summed E-state index contributed by atoms with van der Waals surface area (Å²) in [6.45, 7) is 6.53. The van der Waals surface area contributed by atoms with Crippen molar-refractivity contribution < 1.29 is 28.6 Å². The van der Waals surface area contributed by atoms with Crippen LogP contribution in [0.15, 0.2) is 72.9 Å². The fourth-order valence-electron chi connectivity index (χ4n) is 9.00. The summed E-state index contributed by atoms with van der Waals surface area (Å²) >= 11 is 0. The van der Waals surface area contributed by atoms with Gasteiger partial charge in [-0.2, -0.15) is 0 Å². The summed E-state index contributed by atoms with van der Waals surface area (Å²) < 4.78 is 16.9. The molecule has 0 radical (unpaired) electrons. The second-order valence-corrected chi connectivity index (χ2v) is 20.9. The minimum atomic E-state index is -0.781. The van der Waals surface area contributed by atoms with Crippen molar-refractivity contribution in [3.05, 3.63) is 72.9 Å². The molecule has 0 N–H and O–H groups in total. The largest absolute Gasteiger partial charge is 0.462 e. The van der Waals surface area contributed by atoms with Crippen molar-refractivity contribution >= 4 is 17.9 Å². The van der Waals surface area contributed by atoms with Crippen LogP contribution in [0.25, 0.3) is 0 Å². The summed E-state index contributed by atoms with van der Waals surface area (Å²) in [7, 11) is 0. The molecule has 6 nitrogen and oxygen atoms in total. The first-order valence-electron chi connectivity index (χ1n) is 31.4. The Labute approximate surface area is 453 Å². The summed E-state index contributed by atoms with van der Waals surface area (Å²) in [4.78, 5) is 38.3. The average molecular weight is 1020 g/mol. The molecule has 0 fully saturated rings. The first-order valence-corrected chi connectivity index (χ1v) is 31.4. The first-order chi connectivity index (χ1) is 36.0. The van der Waals surface area contributed by atoms with Gasteiger partial charge >= 0.3 is 17.9 Å². The molecule has 0 aliphatic carbocycles. The van der Waals surface area contributed by atoms with Gasteiger partial charge in [0.15, 0.2) is 6.10 Å². The zero-order chi connectivity index (χ0) is 52.9. The summed E-state index contributed by atoms with van der Waals surface area (Å²) in [6, 6.07) is 0. The van der Waals surface area contributed by atoms with E-state index in [1.165, 1.54) is 180 Å². The van der Waals surface area contributed by atoms with E-state index in [1.54, 1.807) is 0 Å². The number of hydrogen-bond acceptors (Lipinski definition) is 6. The van der Waals surface area contributed by atoms with Crippen LogP contribution >= 0.6 is 0 Å². The van der Waals surface area contributed by atoms with Crippen LogP contribution in [0.2, 0.25) is 0 Å². The topological polar surface area (TPSA) is 78.9 Å². The van der Waals surface area contributed by atoms with E-state index in [9.17, 15) is 14.4 Å². The summed E-state index contributed by atoms with van der Waals surface area (Å²) in [5, 5.41) is 0. The number of hydrogen-bond donors (Lipinski definition) is 0. The second-order valence-electron chi connectivity index (χ2n) is 20.9. The molecular weight excluding hydrogens is 901 g/mol. The van der Waals surface area contributed by atoms with Gasteiger partial charge in [0, 0.05) is 19.3 Å². The third-order valence-electron chi connectivity index (χ3n) is 13.7. The molecule has 0 aromatic rings. The number of rotatable bonds is 57. The smallest absolute Gasteiger partial charge is 0.306 e. The lowest BCUT2D eigenvalue weighted by atomic mass is 10.0. The van der Waals surface area contributed by atoms with Crippen molar-refractivity contribution in [1.82, 2.24) is 0 Å². The van der Waals surface area contributed by atoms with E-state index in [2.05, 4.69) is 93.7 Å². The molecule has 0 heterocycles. The van der Waals surface area contributed by atoms with Gasteiger partial charge in [0.1, 0.15) is 13.2 Å². The number of carbonyl (C=O) groups excluding carboxylic acids is 3. The molecule has 0 bridgehead atoms. The quantitative estimate of drug-likeness (QED) is 0.0261. The average Bonchev–Trinajstić information content (AvgIpc) is 3.39. The molecule has 0 aliphatic rings. The van der Waals surface area contributed by atoms with Crippen LogP contribution in [0.5, 0.6) is 0 Å². The minimum Gasteiger partial charge on any atom is -0.462 e. The Morgan fingerprint density at radius 2 is 0.534 bits per heavy atom. The Morgan fingerprint density at radius 1 is 0.288 bits per heavy atom. The number of carbonyl (C=O) groups is 3. The molecule has 1 atom stereocenters. The monoisotopic (exact) mass is 1020 g/mol. The summed E-state index contributed by atoms with van der Waals surface area (Å²) in [5.74, 6) is -0.873. The van der Waals surface area contributed by atoms with E-state index in [0.29, 0.717) is 19.3 Å². The van der Waals surface area contributed by atoms with Gasteiger partial charge in [0.05, 0.1) is 0 Å². The van der Waals surface area contributed by atoms with E-state index in [1.807, 2.05) is 0 Å². The zero-order valence-electron chi connectivity index (χ0n) is 48.4. The van der Waals surface area contributed by atoms with Gasteiger partial charge in [-0.1, -0.05) is 280 Å². The molecule has 0 spiro atoms. The molecule has 422 valence electrons. The maximum Gasteiger partial charge on any atom is 0.306 e. The Morgan fingerprint density at radius 3 is 0.863 bits per heavy atom. The lowest BCUT2D eigenvalue weighted by Crippen LogP contribution is -2.30. The summed E-state index contributed by atoms with van der Waals surface area (Å²) in [5.41, 5.74) is 0. The van der Waals surface area contributed by atoms with Gasteiger partial charge in [-0.05, 0) is 89.9 Å². The van der Waals surface area contributed by atoms with Crippen LogP contribution in [-0.4, -0.2) is 37.2 Å². The molecule has 0 aromatic carbocycles. The maximum absolute atomic E-state index is 12.9. The standard InChI is InChI=1S/C67H118O6/c1-4-7-10-13-16-19-22-25-28-30-32-33-35-36-39-42-45-48-51-54-57-60-66(69)72-63-64(62-71-65(68)59-56-53-50-47-44-41-38-27-24-21-18-15-12-9-6-3)73-67(70)61-58-55-52-49-46-43-40-37-34-31-29-26-23-20-17-14-11-8-5-2/h7,10,16-17,19-20,25-26,28-29,32-33,64H,4-6,8-9,11-15,18,21-24,27,30-31,34-63H2,1-3H3/b10-7-,19-16-,20-17-,28-25-,29-26-,33-32-. The van der Waals surface area contributed by atoms with Gasteiger partial charge < -0.3 is 14.2 Å². The predicted octanol–water partition coefficient (Wildman–Crippen LogP) is 21.3. The highest BCUT2D eigenvalue weighted by molar-refractivity contribution is 5.71. The van der Waals surface area contributed by atoms with Crippen LogP contribution < -0.4 is 0 Å². The molecule has 73 heavy (non-hydrogen) atoms. The number of unbranched alkanes of at least 4 members (excludes halogenated alkanes) is 34. The highest BCUT2D eigenvalue weighted by Gasteiger charge is 2.19. The highest BCUT2D eigenvalue weighted by atomic mass is 16.6. The van der Waals surface area contributed by atoms with Crippen molar-refractivity contribution in [2.45, 2.75) is 322 Å². The fraction of sp³-hybridized carbons (Fsp3) is 0.776. The third kappa shape index (κ3) is 59.6. The molecule has 0 saturated carbocycles. The van der Waals surface area contributed by atoms with E-state index in [-0.39, 0.29) is 31.1 Å². The SMILES string of the molecule is CC/C=C\C/C=C\C/C=C\C/C=C\CCCCCCCCCCC(=O)OCC(COC(=O)CCCCCCCCCCCCCCCCC)OC(=O)CCCCCCCCCCC/C=C\C/C=C\CCCCC. The number of ether oxygens (including phenoxy) is 3. The molecule has 0 aliphatic heterocycles. The Hall–Kier alpha value is -3.15. The number of allylic oxidation sites excluding steroid dienone is 12. The van der Waals surface area contributed by atoms with E-state index in [4.69, 9.17) is 14.2 Å². The third-order valence-corrected chi connectivity index (χ3v) is 13.7. The van der Waals surface area contributed by atoms with Gasteiger partial charge in [0.25, 0.3) is 0 Å². The normalized spacial score (nSPS) is 12.5. The molecule has 0 rings (SSSR count). The Balaban J connectivity index is 4.37. The van der Waals surface area contributed by atoms with Crippen molar-refractivity contribution in [2.24, 2.45) is 0 Å². The van der Waals surface area contributed by atoms with Crippen molar-refractivity contribution in [3.8, 4) is 0 Å². The van der Waals surface area contributed by atoms with Crippen LogP contribution in [0.1, 0.15) is 316 Å². The molecule has 0 aromatic heterocycles. The Bertz CT molecular complexity index is 1360. The van der Waals surface area contributed by atoms with Crippen molar-refractivity contribution in [2.75, 3.05) is 13.2 Å². The van der Waals surface area contributed by atoms with Crippen molar-refractivity contribution in [3.63, 3.8) is 0 Å². The highest BCUT2D eigenvalue weighted by Crippen LogP contribution is 2.17. The van der Waals surface area contributed by atoms with Gasteiger partial charge in [0.2, 0.25) is 0 Å². The van der Waals surface area contributed by atoms with E-state index < -0.39 is 6.10 Å². The molecular formula is C67H118O6. The van der Waals surface area contributed by atoms with E-state index in [0.717, 1.165) is 96.3 Å². The molecule has 1 unspecified atom stereocenters. The second kappa shape index (κ2) is 61.4. The summed E-state index contributed by atoms with van der Waals surface area (Å²) in [6.07, 6.45) is 78.9. The van der Waals surface area contributed by atoms with Gasteiger partial charge in [-0.3, -0.25) is 14.4 Å². The van der Waals surface area contributed by atoms with Crippen LogP contribution in [0, 0.1) is 0 Å². The van der Waals surface area contributed by atoms with Gasteiger partial charge in [-0.15, -0.1) is 0 Å². The lowest BCUT2D eigenvalue weighted by molar-refractivity contribution is -0.167. The maximum atomic E-state index is 12.9. The zero-order valence-corrected chi connectivity index (χ0v) is 48.4. The van der Waals surface area contributed by atoms with Crippen LogP contribution in [0.3, 0.4) is 0 Å². The van der Waals surface area contributed by atoms with Crippen molar-refractivity contribution in [1.29, 1.82) is 0 Å². The first kappa shape index (κ1) is 69.8. The fourth-order valence-corrected chi connectivity index (χ4v) is 9.00. The molecule has 0 saturated heterocycles. The minimum absolute atomic E-state index is 0.0765. The van der Waals surface area contributed by atoms with Crippen LogP contribution in [-0.2, 0) is 28.6 Å². The number of esters is 3. The van der Waals surface area contributed by atoms with Gasteiger partial charge in [-0.25, -0.2) is 0 Å². The lowest BCUT2D eigenvalue weighted by Gasteiger charge is -2.18. The molecule has 0 amide bonds. The molecule has 6 heteroatoms. The Kier molecular flexibility index (Phi) is 58.7. The van der Waals surface area contributed by atoms with Crippen LogP contribution in [0.4, 0.5) is 0 Å². The predicted molar refractivity (Wildman–Crippen MR) is 316 cm³/mol.